The quantitative estimate of drug-likeness (QED) is 0.737. The molecule has 1 N–H and O–H groups in total. The molecule has 0 aromatic carbocycles. The topological polar surface area (TPSA) is 42.7 Å². The van der Waals surface area contributed by atoms with Crippen molar-refractivity contribution in [3.8, 4) is 0 Å². The summed E-state index contributed by atoms with van der Waals surface area (Å²) in [5.74, 6) is 1.74. The molecule has 1 rings (SSSR count). The van der Waals surface area contributed by atoms with E-state index < -0.39 is 0 Å². The molecule has 0 fully saturated rings. The van der Waals surface area contributed by atoms with E-state index in [0.717, 1.165) is 18.2 Å². The van der Waals surface area contributed by atoms with Crippen molar-refractivity contribution >= 4 is 5.95 Å². The lowest BCUT2D eigenvalue weighted by molar-refractivity contribution is 0.708. The Kier molecular flexibility index (Phi) is 2.68. The van der Waals surface area contributed by atoms with Gasteiger partial charge in [0.1, 0.15) is 5.82 Å². The van der Waals surface area contributed by atoms with Gasteiger partial charge in [-0.3, -0.25) is 4.68 Å². The number of aryl methyl sites for hydroxylation is 2. The van der Waals surface area contributed by atoms with E-state index in [2.05, 4.69) is 36.2 Å². The Labute approximate surface area is 73.0 Å². The van der Waals surface area contributed by atoms with Crippen molar-refractivity contribution in [1.29, 1.82) is 0 Å². The molecule has 0 bridgehead atoms. The van der Waals surface area contributed by atoms with Crippen LogP contribution in [0.3, 0.4) is 0 Å². The number of nitrogens with zero attached hydrogens (tertiary/aromatic N) is 3. The Bertz CT molecular complexity index is 252. The first kappa shape index (κ1) is 9.03. The number of hydrogen-bond donors (Lipinski definition) is 1. The van der Waals surface area contributed by atoms with E-state index in [0.29, 0.717) is 6.04 Å². The van der Waals surface area contributed by atoms with Crippen LogP contribution < -0.4 is 5.32 Å². The first-order chi connectivity index (χ1) is 5.63. The SMILES string of the molecule is CCc1nc(NC(C)C)nn1C. The monoisotopic (exact) mass is 168 g/mol. The second-order valence-electron chi connectivity index (χ2n) is 3.13. The molecule has 0 saturated heterocycles. The van der Waals surface area contributed by atoms with Crippen molar-refractivity contribution in [3.63, 3.8) is 0 Å². The van der Waals surface area contributed by atoms with Crippen molar-refractivity contribution in [2.45, 2.75) is 33.2 Å². The highest BCUT2D eigenvalue weighted by Gasteiger charge is 2.04. The van der Waals surface area contributed by atoms with Gasteiger partial charge in [0.25, 0.3) is 0 Å². The van der Waals surface area contributed by atoms with Crippen LogP contribution in [-0.4, -0.2) is 20.8 Å². The molecule has 12 heavy (non-hydrogen) atoms. The molecule has 0 amide bonds. The molecule has 68 valence electrons. The van der Waals surface area contributed by atoms with Gasteiger partial charge in [-0.2, -0.15) is 4.98 Å². The van der Waals surface area contributed by atoms with Gasteiger partial charge in [0.05, 0.1) is 0 Å². The van der Waals surface area contributed by atoms with Crippen LogP contribution in [0.2, 0.25) is 0 Å². The molecule has 0 aliphatic heterocycles. The minimum atomic E-state index is 0.386. The maximum atomic E-state index is 4.31. The second kappa shape index (κ2) is 3.56. The van der Waals surface area contributed by atoms with Gasteiger partial charge in [-0.25, -0.2) is 0 Å². The summed E-state index contributed by atoms with van der Waals surface area (Å²) in [6, 6.07) is 0.386. The fourth-order valence-electron chi connectivity index (χ4n) is 1.04. The number of rotatable bonds is 3. The average molecular weight is 168 g/mol. The molecule has 4 nitrogen and oxygen atoms in total. The highest BCUT2D eigenvalue weighted by atomic mass is 15.4. The Morgan fingerprint density at radius 1 is 1.50 bits per heavy atom. The molecule has 4 heteroatoms. The zero-order valence-corrected chi connectivity index (χ0v) is 8.13. The van der Waals surface area contributed by atoms with Crippen LogP contribution in [0.5, 0.6) is 0 Å². The molecule has 0 unspecified atom stereocenters. The summed E-state index contributed by atoms with van der Waals surface area (Å²) in [5, 5.41) is 7.37. The zero-order valence-electron chi connectivity index (χ0n) is 8.13. The van der Waals surface area contributed by atoms with Gasteiger partial charge >= 0.3 is 0 Å². The third-order valence-electron chi connectivity index (χ3n) is 1.59. The third kappa shape index (κ3) is 1.96. The maximum absolute atomic E-state index is 4.31. The second-order valence-corrected chi connectivity index (χ2v) is 3.13. The van der Waals surface area contributed by atoms with Crippen LogP contribution in [0.4, 0.5) is 5.95 Å². The summed E-state index contributed by atoms with van der Waals surface area (Å²) in [4.78, 5) is 4.31. The molecule has 1 aromatic rings. The van der Waals surface area contributed by atoms with Crippen molar-refractivity contribution in [2.24, 2.45) is 7.05 Å². The standard InChI is InChI=1S/C8H16N4/c1-5-7-10-8(9-6(2)3)11-12(7)4/h6H,5H2,1-4H3,(H,9,11). The van der Waals surface area contributed by atoms with Crippen LogP contribution >= 0.6 is 0 Å². The molecular weight excluding hydrogens is 152 g/mol. The fraction of sp³-hybridized carbons (Fsp3) is 0.750. The zero-order chi connectivity index (χ0) is 9.14. The van der Waals surface area contributed by atoms with Crippen LogP contribution in [0.25, 0.3) is 0 Å². The van der Waals surface area contributed by atoms with Gasteiger partial charge in [0.2, 0.25) is 5.95 Å². The number of anilines is 1. The molecule has 0 saturated carbocycles. The summed E-state index contributed by atoms with van der Waals surface area (Å²) < 4.78 is 1.81. The van der Waals surface area contributed by atoms with Gasteiger partial charge in [-0.15, -0.1) is 5.10 Å². The molecule has 0 aliphatic carbocycles. The highest BCUT2D eigenvalue weighted by Crippen LogP contribution is 2.03. The number of hydrogen-bond acceptors (Lipinski definition) is 3. The minimum absolute atomic E-state index is 0.386. The first-order valence-corrected chi connectivity index (χ1v) is 4.30. The smallest absolute Gasteiger partial charge is 0.242 e. The molecule has 1 heterocycles. The summed E-state index contributed by atoms with van der Waals surface area (Å²) in [6.45, 7) is 6.22. The lowest BCUT2D eigenvalue weighted by atomic mass is 10.4. The number of nitrogens with one attached hydrogen (secondary N) is 1. The third-order valence-corrected chi connectivity index (χ3v) is 1.59. The van der Waals surface area contributed by atoms with Crippen LogP contribution in [-0.2, 0) is 13.5 Å². The van der Waals surface area contributed by atoms with Crippen LogP contribution in [0.15, 0.2) is 0 Å². The minimum Gasteiger partial charge on any atom is -0.351 e. The largest absolute Gasteiger partial charge is 0.351 e. The number of aromatic nitrogens is 3. The molecule has 0 atom stereocenters. The van der Waals surface area contributed by atoms with Crippen molar-refractivity contribution < 1.29 is 0 Å². The van der Waals surface area contributed by atoms with E-state index in [1.165, 1.54) is 0 Å². The summed E-state index contributed by atoms with van der Waals surface area (Å²) >= 11 is 0. The Morgan fingerprint density at radius 2 is 2.17 bits per heavy atom. The Morgan fingerprint density at radius 3 is 2.58 bits per heavy atom. The molecule has 0 spiro atoms. The summed E-state index contributed by atoms with van der Waals surface area (Å²) in [7, 11) is 1.91. The van der Waals surface area contributed by atoms with Gasteiger partial charge < -0.3 is 5.32 Å². The Balaban J connectivity index is 2.75. The predicted molar refractivity (Wildman–Crippen MR) is 49.1 cm³/mol. The van der Waals surface area contributed by atoms with E-state index in [4.69, 9.17) is 0 Å². The average Bonchev–Trinajstić information content (AvgIpc) is 2.29. The van der Waals surface area contributed by atoms with E-state index in [9.17, 15) is 0 Å². The highest BCUT2D eigenvalue weighted by molar-refractivity contribution is 5.24. The molecule has 1 aromatic heterocycles. The van der Waals surface area contributed by atoms with Gasteiger partial charge in [-0.1, -0.05) is 6.92 Å². The molecule has 0 radical (unpaired) electrons. The lowest BCUT2D eigenvalue weighted by Gasteiger charge is -2.02. The Hall–Kier alpha value is -1.06. The van der Waals surface area contributed by atoms with E-state index in [-0.39, 0.29) is 0 Å². The van der Waals surface area contributed by atoms with E-state index in [1.807, 2.05) is 11.7 Å². The van der Waals surface area contributed by atoms with E-state index >= 15 is 0 Å². The van der Waals surface area contributed by atoms with Gasteiger partial charge in [0.15, 0.2) is 0 Å². The first-order valence-electron chi connectivity index (χ1n) is 4.30. The molecule has 0 aliphatic rings. The summed E-state index contributed by atoms with van der Waals surface area (Å²) in [5.41, 5.74) is 0. The van der Waals surface area contributed by atoms with Crippen molar-refractivity contribution in [1.82, 2.24) is 14.8 Å². The lowest BCUT2D eigenvalue weighted by Crippen LogP contribution is -2.11. The maximum Gasteiger partial charge on any atom is 0.242 e. The van der Waals surface area contributed by atoms with Crippen molar-refractivity contribution in [2.75, 3.05) is 5.32 Å². The van der Waals surface area contributed by atoms with Crippen molar-refractivity contribution in [3.05, 3.63) is 5.82 Å². The summed E-state index contributed by atoms with van der Waals surface area (Å²) in [6.07, 6.45) is 0.920. The molecular formula is C8H16N4. The normalized spacial score (nSPS) is 10.8. The van der Waals surface area contributed by atoms with Crippen LogP contribution in [0.1, 0.15) is 26.6 Å². The van der Waals surface area contributed by atoms with E-state index in [1.54, 1.807) is 0 Å². The van der Waals surface area contributed by atoms with Gasteiger partial charge in [-0.05, 0) is 13.8 Å². The van der Waals surface area contributed by atoms with Crippen LogP contribution in [0, 0.1) is 0 Å². The fourth-order valence-corrected chi connectivity index (χ4v) is 1.04. The van der Waals surface area contributed by atoms with Gasteiger partial charge in [0, 0.05) is 19.5 Å². The predicted octanol–water partition coefficient (Wildman–Crippen LogP) is 1.20.